The summed E-state index contributed by atoms with van der Waals surface area (Å²) in [5.74, 6) is -12.6. The number of nitrogens with one attached hydrogen (secondary N) is 1. The van der Waals surface area contributed by atoms with E-state index in [0.29, 0.717) is 0 Å². The topological polar surface area (TPSA) is 66.4 Å². The van der Waals surface area contributed by atoms with Crippen LogP contribution >= 0.6 is 0 Å². The van der Waals surface area contributed by atoms with Crippen LogP contribution in [0.3, 0.4) is 0 Å². The van der Waals surface area contributed by atoms with Gasteiger partial charge in [0.25, 0.3) is 0 Å². The summed E-state index contributed by atoms with van der Waals surface area (Å²) in [6, 6.07) is 0. The standard InChI is InChI=1S/C10H10F5NO3S/c1-4(3-17)2-16-20(18,19)10-8(14)6(12)5(11)7(13)9(10)15/h4,16-17H,2-3H2,1H3. The van der Waals surface area contributed by atoms with Crippen LogP contribution in [-0.2, 0) is 10.0 Å². The summed E-state index contributed by atoms with van der Waals surface area (Å²) in [6.07, 6.45) is 0. The van der Waals surface area contributed by atoms with Gasteiger partial charge in [-0.1, -0.05) is 6.92 Å². The highest BCUT2D eigenvalue weighted by atomic mass is 32.2. The molecule has 0 saturated carbocycles. The summed E-state index contributed by atoms with van der Waals surface area (Å²) >= 11 is 0. The summed E-state index contributed by atoms with van der Waals surface area (Å²) < 4.78 is 90.0. The minimum Gasteiger partial charge on any atom is -0.396 e. The molecule has 0 amide bonds. The van der Waals surface area contributed by atoms with E-state index >= 15 is 0 Å². The monoisotopic (exact) mass is 319 g/mol. The van der Waals surface area contributed by atoms with Crippen molar-refractivity contribution in [2.24, 2.45) is 5.92 Å². The Labute approximate surface area is 111 Å². The lowest BCUT2D eigenvalue weighted by Crippen LogP contribution is -2.31. The Morgan fingerprint density at radius 3 is 1.80 bits per heavy atom. The Hall–Kier alpha value is -1.26. The van der Waals surface area contributed by atoms with E-state index in [4.69, 9.17) is 5.11 Å². The first kappa shape index (κ1) is 16.8. The van der Waals surface area contributed by atoms with E-state index in [0.717, 1.165) is 0 Å². The van der Waals surface area contributed by atoms with Crippen LogP contribution in [0.25, 0.3) is 0 Å². The van der Waals surface area contributed by atoms with Gasteiger partial charge in [0.2, 0.25) is 15.8 Å². The van der Waals surface area contributed by atoms with Crippen molar-refractivity contribution in [2.45, 2.75) is 11.8 Å². The number of sulfonamides is 1. The third kappa shape index (κ3) is 3.07. The van der Waals surface area contributed by atoms with E-state index in [1.54, 1.807) is 4.72 Å². The Kier molecular flexibility index (Phi) is 5.05. The summed E-state index contributed by atoms with van der Waals surface area (Å²) in [4.78, 5) is -1.95. The van der Waals surface area contributed by atoms with Gasteiger partial charge in [0.05, 0.1) is 0 Å². The number of hydrogen-bond acceptors (Lipinski definition) is 3. The fourth-order valence-corrected chi connectivity index (χ4v) is 2.51. The van der Waals surface area contributed by atoms with Gasteiger partial charge in [0.1, 0.15) is 0 Å². The molecular weight excluding hydrogens is 309 g/mol. The predicted octanol–water partition coefficient (Wildman–Crippen LogP) is 1.29. The van der Waals surface area contributed by atoms with Crippen LogP contribution in [-0.4, -0.2) is 26.7 Å². The molecule has 0 fully saturated rings. The van der Waals surface area contributed by atoms with Gasteiger partial charge < -0.3 is 5.11 Å². The maximum Gasteiger partial charge on any atom is 0.246 e. The van der Waals surface area contributed by atoms with Crippen LogP contribution in [0.4, 0.5) is 22.0 Å². The largest absolute Gasteiger partial charge is 0.396 e. The molecule has 0 spiro atoms. The molecule has 1 atom stereocenters. The second-order valence-electron chi connectivity index (χ2n) is 4.04. The number of hydrogen-bond donors (Lipinski definition) is 2. The lowest BCUT2D eigenvalue weighted by molar-refractivity contribution is 0.238. The van der Waals surface area contributed by atoms with Gasteiger partial charge in [-0.05, 0) is 5.92 Å². The quantitative estimate of drug-likeness (QED) is 0.488. The zero-order valence-electron chi connectivity index (χ0n) is 10.1. The van der Waals surface area contributed by atoms with Gasteiger partial charge in [0.15, 0.2) is 28.2 Å². The van der Waals surface area contributed by atoms with Crippen molar-refractivity contribution in [3.63, 3.8) is 0 Å². The Morgan fingerprint density at radius 2 is 1.40 bits per heavy atom. The molecule has 0 radical (unpaired) electrons. The second kappa shape index (κ2) is 6.02. The molecule has 1 rings (SSSR count). The van der Waals surface area contributed by atoms with Gasteiger partial charge in [-0.2, -0.15) is 0 Å². The molecule has 1 aromatic carbocycles. The van der Waals surface area contributed by atoms with Crippen molar-refractivity contribution in [3.05, 3.63) is 29.1 Å². The third-order valence-corrected chi connectivity index (χ3v) is 3.81. The molecule has 0 aliphatic carbocycles. The van der Waals surface area contributed by atoms with E-state index in [9.17, 15) is 30.4 Å². The van der Waals surface area contributed by atoms with Gasteiger partial charge >= 0.3 is 0 Å². The minimum absolute atomic E-state index is 0.431. The molecule has 0 heterocycles. The Balaban J connectivity index is 3.33. The summed E-state index contributed by atoms with van der Waals surface area (Å²) in [7, 11) is -4.95. The van der Waals surface area contributed by atoms with Crippen molar-refractivity contribution < 1.29 is 35.5 Å². The number of halogens is 5. The van der Waals surface area contributed by atoms with Crippen molar-refractivity contribution in [1.29, 1.82) is 0 Å². The number of aliphatic hydroxyl groups excluding tert-OH is 1. The molecule has 0 aliphatic heterocycles. The first-order valence-electron chi connectivity index (χ1n) is 5.25. The summed E-state index contributed by atoms with van der Waals surface area (Å²) in [5.41, 5.74) is 0. The van der Waals surface area contributed by atoms with E-state index in [1.807, 2.05) is 0 Å². The predicted molar refractivity (Wildman–Crippen MR) is 57.7 cm³/mol. The first-order valence-corrected chi connectivity index (χ1v) is 6.73. The lowest BCUT2D eigenvalue weighted by atomic mass is 10.2. The highest BCUT2D eigenvalue weighted by Crippen LogP contribution is 2.26. The lowest BCUT2D eigenvalue weighted by Gasteiger charge is -2.12. The average Bonchev–Trinajstić information content (AvgIpc) is 2.40. The highest BCUT2D eigenvalue weighted by molar-refractivity contribution is 7.89. The molecule has 0 saturated heterocycles. The van der Waals surface area contributed by atoms with Gasteiger partial charge in [-0.3, -0.25) is 0 Å². The Morgan fingerprint density at radius 1 is 1.00 bits per heavy atom. The molecule has 20 heavy (non-hydrogen) atoms. The van der Waals surface area contributed by atoms with Crippen LogP contribution in [0, 0.1) is 35.0 Å². The van der Waals surface area contributed by atoms with Crippen molar-refractivity contribution >= 4 is 10.0 Å². The number of aliphatic hydroxyl groups is 1. The van der Waals surface area contributed by atoms with E-state index in [2.05, 4.69) is 0 Å². The van der Waals surface area contributed by atoms with Crippen molar-refractivity contribution in [2.75, 3.05) is 13.2 Å². The van der Waals surface area contributed by atoms with Gasteiger partial charge in [0, 0.05) is 13.2 Å². The normalized spacial score (nSPS) is 13.6. The maximum atomic E-state index is 13.3. The van der Waals surface area contributed by atoms with E-state index in [1.165, 1.54) is 6.92 Å². The fraction of sp³-hybridized carbons (Fsp3) is 0.400. The SMILES string of the molecule is CC(CO)CNS(=O)(=O)c1c(F)c(F)c(F)c(F)c1F. The zero-order valence-corrected chi connectivity index (χ0v) is 10.9. The summed E-state index contributed by atoms with van der Waals surface area (Å²) in [5, 5.41) is 8.68. The summed E-state index contributed by atoms with van der Waals surface area (Å²) in [6.45, 7) is 0.541. The maximum absolute atomic E-state index is 13.3. The van der Waals surface area contributed by atoms with Gasteiger partial charge in [-0.15, -0.1) is 0 Å². The molecule has 10 heteroatoms. The first-order chi connectivity index (χ1) is 9.13. The Bertz CT molecular complexity index is 591. The fourth-order valence-electron chi connectivity index (χ4n) is 1.21. The molecular formula is C10H10F5NO3S. The van der Waals surface area contributed by atoms with Crippen molar-refractivity contribution in [3.8, 4) is 0 Å². The highest BCUT2D eigenvalue weighted by Gasteiger charge is 2.33. The third-order valence-electron chi connectivity index (χ3n) is 2.37. The zero-order chi connectivity index (χ0) is 15.7. The van der Waals surface area contributed by atoms with E-state index < -0.39 is 63.1 Å². The van der Waals surface area contributed by atoms with Crippen LogP contribution in [0.2, 0.25) is 0 Å². The molecule has 0 aromatic heterocycles. The molecule has 2 N–H and O–H groups in total. The number of benzene rings is 1. The molecule has 1 aromatic rings. The van der Waals surface area contributed by atoms with Crippen LogP contribution < -0.4 is 4.72 Å². The molecule has 0 aliphatic rings. The molecule has 4 nitrogen and oxygen atoms in total. The van der Waals surface area contributed by atoms with Gasteiger partial charge in [-0.25, -0.2) is 35.1 Å². The number of rotatable bonds is 5. The van der Waals surface area contributed by atoms with Crippen LogP contribution in [0.5, 0.6) is 0 Å². The molecule has 114 valence electrons. The van der Waals surface area contributed by atoms with Crippen molar-refractivity contribution in [1.82, 2.24) is 4.72 Å². The average molecular weight is 319 g/mol. The molecule has 1 unspecified atom stereocenters. The van der Waals surface area contributed by atoms with Crippen LogP contribution in [0.1, 0.15) is 6.92 Å². The van der Waals surface area contributed by atoms with Crippen LogP contribution in [0.15, 0.2) is 4.90 Å². The second-order valence-corrected chi connectivity index (χ2v) is 5.74. The minimum atomic E-state index is -4.95. The molecule has 0 bridgehead atoms. The smallest absolute Gasteiger partial charge is 0.246 e. The van der Waals surface area contributed by atoms with E-state index in [-0.39, 0.29) is 0 Å².